The molecule has 3 aliphatic rings. The van der Waals surface area contributed by atoms with Crippen LogP contribution < -0.4 is 0 Å². The first-order valence-corrected chi connectivity index (χ1v) is 9.95. The van der Waals surface area contributed by atoms with Crippen molar-refractivity contribution in [3.63, 3.8) is 0 Å². The highest BCUT2D eigenvalue weighted by molar-refractivity contribution is 5.89. The molecule has 1 aromatic rings. The van der Waals surface area contributed by atoms with Crippen LogP contribution >= 0.6 is 0 Å². The van der Waals surface area contributed by atoms with Gasteiger partial charge in [0.2, 0.25) is 11.8 Å². The SMILES string of the molecule is Cc1ccc(CCN2C[C@@H](C(=O)N3CCC4(CC3)OCCO4)CC2=O)cc1. The molecule has 27 heavy (non-hydrogen) atoms. The molecule has 6 heteroatoms. The minimum atomic E-state index is -0.470. The quantitative estimate of drug-likeness (QED) is 0.808. The second-order valence-electron chi connectivity index (χ2n) is 7.91. The van der Waals surface area contributed by atoms with Crippen LogP contribution in [0.3, 0.4) is 0 Å². The van der Waals surface area contributed by atoms with Gasteiger partial charge < -0.3 is 19.3 Å². The van der Waals surface area contributed by atoms with Gasteiger partial charge in [0.05, 0.1) is 19.1 Å². The standard InChI is InChI=1S/C21H28N2O4/c1-16-2-4-17(5-3-16)6-9-23-15-18(14-19(23)24)20(25)22-10-7-21(8-11-22)26-12-13-27-21/h2-5,18H,6-15H2,1H3/t18-/m0/s1. The Morgan fingerprint density at radius 2 is 1.81 bits per heavy atom. The maximum atomic E-state index is 12.9. The zero-order valence-corrected chi connectivity index (χ0v) is 16.0. The normalized spacial score (nSPS) is 24.8. The van der Waals surface area contributed by atoms with E-state index in [0.717, 1.165) is 19.3 Å². The Bertz CT molecular complexity index is 687. The Balaban J connectivity index is 1.28. The molecule has 6 nitrogen and oxygen atoms in total. The Morgan fingerprint density at radius 3 is 2.48 bits per heavy atom. The number of likely N-dealkylation sites (tertiary alicyclic amines) is 2. The lowest BCUT2D eigenvalue weighted by molar-refractivity contribution is -0.188. The summed E-state index contributed by atoms with van der Waals surface area (Å²) >= 11 is 0. The second-order valence-corrected chi connectivity index (χ2v) is 7.91. The smallest absolute Gasteiger partial charge is 0.228 e. The van der Waals surface area contributed by atoms with Crippen LogP contribution in [0.15, 0.2) is 24.3 Å². The van der Waals surface area contributed by atoms with E-state index in [9.17, 15) is 9.59 Å². The van der Waals surface area contributed by atoms with Crippen LogP contribution in [0.1, 0.15) is 30.4 Å². The molecule has 3 aliphatic heterocycles. The van der Waals surface area contributed by atoms with Crippen LogP contribution in [-0.2, 0) is 25.5 Å². The number of piperidine rings is 1. The lowest BCUT2D eigenvalue weighted by Gasteiger charge is -2.38. The van der Waals surface area contributed by atoms with Crippen molar-refractivity contribution in [3.05, 3.63) is 35.4 Å². The van der Waals surface area contributed by atoms with Gasteiger partial charge in [0.15, 0.2) is 5.79 Å². The summed E-state index contributed by atoms with van der Waals surface area (Å²) in [7, 11) is 0. The zero-order valence-electron chi connectivity index (χ0n) is 16.0. The topological polar surface area (TPSA) is 59.1 Å². The largest absolute Gasteiger partial charge is 0.347 e. The average Bonchev–Trinajstić information content (AvgIpc) is 3.28. The monoisotopic (exact) mass is 372 g/mol. The van der Waals surface area contributed by atoms with Crippen molar-refractivity contribution >= 4 is 11.8 Å². The van der Waals surface area contributed by atoms with Crippen LogP contribution in [-0.4, -0.2) is 66.8 Å². The third-order valence-electron chi connectivity index (χ3n) is 6.01. The van der Waals surface area contributed by atoms with E-state index in [2.05, 4.69) is 31.2 Å². The molecule has 3 heterocycles. The van der Waals surface area contributed by atoms with Gasteiger partial charge in [0.25, 0.3) is 0 Å². The summed E-state index contributed by atoms with van der Waals surface area (Å²) in [5, 5.41) is 0. The van der Waals surface area contributed by atoms with Gasteiger partial charge in [-0.3, -0.25) is 9.59 Å². The van der Waals surface area contributed by atoms with Crippen molar-refractivity contribution in [1.82, 2.24) is 9.80 Å². The first-order chi connectivity index (χ1) is 13.0. The fraction of sp³-hybridized carbons (Fsp3) is 0.619. The maximum absolute atomic E-state index is 12.9. The number of benzene rings is 1. The highest BCUT2D eigenvalue weighted by Gasteiger charge is 2.43. The Morgan fingerprint density at radius 1 is 1.15 bits per heavy atom. The first kappa shape index (κ1) is 18.4. The summed E-state index contributed by atoms with van der Waals surface area (Å²) in [4.78, 5) is 29.0. The van der Waals surface area contributed by atoms with Gasteiger partial charge >= 0.3 is 0 Å². The fourth-order valence-corrected chi connectivity index (χ4v) is 4.28. The molecule has 1 atom stereocenters. The second kappa shape index (κ2) is 7.60. The van der Waals surface area contributed by atoms with Crippen molar-refractivity contribution in [1.29, 1.82) is 0 Å². The molecule has 4 rings (SSSR count). The number of hydrogen-bond donors (Lipinski definition) is 0. The molecule has 1 spiro atoms. The van der Waals surface area contributed by atoms with Crippen molar-refractivity contribution in [2.75, 3.05) is 39.4 Å². The number of nitrogens with zero attached hydrogens (tertiary/aromatic N) is 2. The molecule has 2 amide bonds. The molecule has 3 fully saturated rings. The van der Waals surface area contributed by atoms with Crippen molar-refractivity contribution in [3.8, 4) is 0 Å². The van der Waals surface area contributed by atoms with Gasteiger partial charge in [0, 0.05) is 45.4 Å². The van der Waals surface area contributed by atoms with E-state index < -0.39 is 5.79 Å². The third-order valence-corrected chi connectivity index (χ3v) is 6.01. The minimum Gasteiger partial charge on any atom is -0.347 e. The molecular formula is C21H28N2O4. The highest BCUT2D eigenvalue weighted by atomic mass is 16.7. The molecular weight excluding hydrogens is 344 g/mol. The van der Waals surface area contributed by atoms with E-state index in [1.165, 1.54) is 11.1 Å². The molecule has 0 N–H and O–H groups in total. The van der Waals surface area contributed by atoms with E-state index in [1.54, 1.807) is 0 Å². The molecule has 1 aromatic carbocycles. The molecule has 0 radical (unpaired) electrons. The zero-order chi connectivity index (χ0) is 18.9. The Labute approximate surface area is 160 Å². The molecule has 3 saturated heterocycles. The number of carbonyl (C=O) groups is 2. The van der Waals surface area contributed by atoms with E-state index >= 15 is 0 Å². The Kier molecular flexibility index (Phi) is 5.19. The van der Waals surface area contributed by atoms with Gasteiger partial charge in [-0.1, -0.05) is 29.8 Å². The molecule has 0 unspecified atom stereocenters. The van der Waals surface area contributed by atoms with Gasteiger partial charge in [-0.05, 0) is 18.9 Å². The lowest BCUT2D eigenvalue weighted by atomic mass is 10.0. The summed E-state index contributed by atoms with van der Waals surface area (Å²) in [5.74, 6) is -0.483. The minimum absolute atomic E-state index is 0.0939. The average molecular weight is 372 g/mol. The number of aryl methyl sites for hydroxylation is 1. The van der Waals surface area contributed by atoms with E-state index in [0.29, 0.717) is 45.8 Å². The maximum Gasteiger partial charge on any atom is 0.228 e. The molecule has 0 aromatic heterocycles. The van der Waals surface area contributed by atoms with Crippen LogP contribution in [0.5, 0.6) is 0 Å². The Hall–Kier alpha value is -1.92. The van der Waals surface area contributed by atoms with E-state index in [1.807, 2.05) is 9.80 Å². The first-order valence-electron chi connectivity index (χ1n) is 9.95. The van der Waals surface area contributed by atoms with Gasteiger partial charge in [0.1, 0.15) is 0 Å². The predicted octanol–water partition coefficient (Wildman–Crippen LogP) is 1.75. The lowest BCUT2D eigenvalue weighted by Crippen LogP contribution is -2.49. The van der Waals surface area contributed by atoms with Crippen molar-refractivity contribution < 1.29 is 19.1 Å². The number of rotatable bonds is 4. The summed E-state index contributed by atoms with van der Waals surface area (Å²) in [6.45, 7) is 5.85. The fourth-order valence-electron chi connectivity index (χ4n) is 4.28. The van der Waals surface area contributed by atoms with E-state index in [4.69, 9.17) is 9.47 Å². The highest BCUT2D eigenvalue weighted by Crippen LogP contribution is 2.32. The van der Waals surface area contributed by atoms with Crippen LogP contribution in [0.2, 0.25) is 0 Å². The third kappa shape index (κ3) is 4.01. The van der Waals surface area contributed by atoms with Crippen LogP contribution in [0, 0.1) is 12.8 Å². The summed E-state index contributed by atoms with van der Waals surface area (Å²) in [6.07, 6.45) is 2.60. The summed E-state index contributed by atoms with van der Waals surface area (Å²) in [6, 6.07) is 8.40. The number of hydrogen-bond acceptors (Lipinski definition) is 4. The van der Waals surface area contributed by atoms with Crippen LogP contribution in [0.4, 0.5) is 0 Å². The van der Waals surface area contributed by atoms with Crippen LogP contribution in [0.25, 0.3) is 0 Å². The number of carbonyl (C=O) groups excluding carboxylic acids is 2. The predicted molar refractivity (Wildman–Crippen MR) is 100 cm³/mol. The summed E-state index contributed by atoms with van der Waals surface area (Å²) < 4.78 is 11.5. The molecule has 0 aliphatic carbocycles. The summed E-state index contributed by atoms with van der Waals surface area (Å²) in [5.41, 5.74) is 2.46. The van der Waals surface area contributed by atoms with Crippen molar-refractivity contribution in [2.45, 2.75) is 38.4 Å². The molecule has 0 bridgehead atoms. The van der Waals surface area contributed by atoms with Gasteiger partial charge in [-0.2, -0.15) is 0 Å². The van der Waals surface area contributed by atoms with Crippen molar-refractivity contribution in [2.24, 2.45) is 5.92 Å². The molecule has 146 valence electrons. The molecule has 0 saturated carbocycles. The number of ether oxygens (including phenoxy) is 2. The van der Waals surface area contributed by atoms with E-state index in [-0.39, 0.29) is 17.7 Å². The van der Waals surface area contributed by atoms with Gasteiger partial charge in [-0.15, -0.1) is 0 Å². The number of amides is 2. The van der Waals surface area contributed by atoms with Gasteiger partial charge in [-0.25, -0.2) is 0 Å².